The molecule has 2 amide bonds. The van der Waals surface area contributed by atoms with E-state index in [9.17, 15) is 14.4 Å². The van der Waals surface area contributed by atoms with Crippen LogP contribution in [0.25, 0.3) is 0 Å². The fraction of sp³-hybridized carbons (Fsp3) is 0.417. The number of carbonyl (C=O) groups is 3. The van der Waals surface area contributed by atoms with Crippen molar-refractivity contribution in [2.45, 2.75) is 19.4 Å². The molecule has 0 saturated heterocycles. The van der Waals surface area contributed by atoms with Crippen LogP contribution < -0.4 is 10.6 Å². The summed E-state index contributed by atoms with van der Waals surface area (Å²) in [6, 6.07) is 3.04. The Morgan fingerprint density at radius 2 is 2.05 bits per heavy atom. The van der Waals surface area contributed by atoms with E-state index in [0.29, 0.717) is 0 Å². The van der Waals surface area contributed by atoms with Crippen LogP contribution in [-0.4, -0.2) is 37.0 Å². The number of hydrogen-bond acceptors (Lipinski definition) is 5. The minimum atomic E-state index is -1.15. The van der Waals surface area contributed by atoms with Crippen LogP contribution in [0.4, 0.5) is 0 Å². The van der Waals surface area contributed by atoms with Crippen molar-refractivity contribution in [3.05, 3.63) is 24.2 Å². The van der Waals surface area contributed by atoms with Gasteiger partial charge in [0.15, 0.2) is 5.76 Å². The van der Waals surface area contributed by atoms with Crippen molar-refractivity contribution in [1.82, 2.24) is 10.6 Å². The molecule has 0 aliphatic rings. The molecule has 1 aromatic heterocycles. The summed E-state index contributed by atoms with van der Waals surface area (Å²) in [6.45, 7) is 2.75. The first kappa shape index (κ1) is 14.7. The van der Waals surface area contributed by atoms with Crippen LogP contribution in [0, 0.1) is 0 Å². The van der Waals surface area contributed by atoms with Gasteiger partial charge in [0, 0.05) is 0 Å². The smallest absolute Gasteiger partial charge is 0.330 e. The Kier molecular flexibility index (Phi) is 4.68. The minimum Gasteiger partial charge on any atom is -0.467 e. The highest BCUT2D eigenvalue weighted by Gasteiger charge is 2.30. The lowest BCUT2D eigenvalue weighted by atomic mass is 10.1. The number of carbonyl (C=O) groups excluding carboxylic acids is 3. The Balaban J connectivity index is 2.44. The molecular formula is C12H16N2O5. The molecule has 7 nitrogen and oxygen atoms in total. The predicted octanol–water partition coefficient (Wildman–Crippen LogP) is 0.0772. The van der Waals surface area contributed by atoms with Crippen molar-refractivity contribution in [2.75, 3.05) is 13.7 Å². The quantitative estimate of drug-likeness (QED) is 0.737. The summed E-state index contributed by atoms with van der Waals surface area (Å²) in [5.41, 5.74) is -1.15. The second-order valence-corrected chi connectivity index (χ2v) is 4.32. The molecule has 0 aliphatic carbocycles. The normalized spacial score (nSPS) is 10.7. The zero-order valence-corrected chi connectivity index (χ0v) is 11.0. The van der Waals surface area contributed by atoms with E-state index in [1.54, 1.807) is 6.07 Å². The van der Waals surface area contributed by atoms with Crippen molar-refractivity contribution in [3.63, 3.8) is 0 Å². The fourth-order valence-electron chi connectivity index (χ4n) is 1.35. The molecule has 0 radical (unpaired) electrons. The Morgan fingerprint density at radius 1 is 1.37 bits per heavy atom. The fourth-order valence-corrected chi connectivity index (χ4v) is 1.35. The van der Waals surface area contributed by atoms with Crippen LogP contribution in [0.3, 0.4) is 0 Å². The minimum absolute atomic E-state index is 0.111. The monoisotopic (exact) mass is 268 g/mol. The van der Waals surface area contributed by atoms with Crippen LogP contribution in [-0.2, 0) is 14.3 Å². The van der Waals surface area contributed by atoms with Crippen molar-refractivity contribution >= 4 is 17.8 Å². The number of ether oxygens (including phenoxy) is 1. The molecule has 7 heteroatoms. The van der Waals surface area contributed by atoms with Crippen LogP contribution in [0.2, 0.25) is 0 Å². The molecule has 0 saturated carbocycles. The van der Waals surface area contributed by atoms with E-state index in [1.807, 2.05) is 0 Å². The zero-order chi connectivity index (χ0) is 14.5. The number of rotatable bonds is 5. The highest BCUT2D eigenvalue weighted by Crippen LogP contribution is 2.04. The number of amides is 2. The third-order valence-electron chi connectivity index (χ3n) is 2.30. The molecule has 2 N–H and O–H groups in total. The van der Waals surface area contributed by atoms with E-state index in [0.717, 1.165) is 0 Å². The summed E-state index contributed by atoms with van der Waals surface area (Å²) in [5, 5.41) is 4.82. The number of nitrogens with one attached hydrogen (secondary N) is 2. The van der Waals surface area contributed by atoms with Gasteiger partial charge in [0.2, 0.25) is 5.91 Å². The number of esters is 1. The molecule has 1 aromatic rings. The zero-order valence-electron chi connectivity index (χ0n) is 11.0. The molecule has 0 bridgehead atoms. The highest BCUT2D eigenvalue weighted by molar-refractivity contribution is 5.95. The molecule has 0 aliphatic heterocycles. The number of hydrogen-bond donors (Lipinski definition) is 2. The summed E-state index contributed by atoms with van der Waals surface area (Å²) in [6.07, 6.45) is 1.36. The first-order chi connectivity index (χ1) is 8.86. The van der Waals surface area contributed by atoms with Gasteiger partial charge < -0.3 is 19.8 Å². The molecule has 0 spiro atoms. The second kappa shape index (κ2) is 6.03. The van der Waals surface area contributed by atoms with E-state index < -0.39 is 23.3 Å². The van der Waals surface area contributed by atoms with Gasteiger partial charge in [-0.05, 0) is 26.0 Å². The molecule has 19 heavy (non-hydrogen) atoms. The maximum absolute atomic E-state index is 11.6. The standard InChI is InChI=1S/C12H16N2O5/c1-12(2,11(17)18-3)14-9(15)7-13-10(16)8-5-4-6-19-8/h4-6H,7H2,1-3H3,(H,13,16)(H,14,15). The largest absolute Gasteiger partial charge is 0.467 e. The molecule has 1 rings (SSSR count). The topological polar surface area (TPSA) is 97.6 Å². The third-order valence-corrected chi connectivity index (χ3v) is 2.30. The van der Waals surface area contributed by atoms with Gasteiger partial charge >= 0.3 is 5.97 Å². The lowest BCUT2D eigenvalue weighted by Gasteiger charge is -2.22. The molecule has 0 aromatic carbocycles. The van der Waals surface area contributed by atoms with Crippen LogP contribution in [0.15, 0.2) is 22.8 Å². The van der Waals surface area contributed by atoms with E-state index in [1.165, 1.54) is 33.3 Å². The van der Waals surface area contributed by atoms with Gasteiger partial charge in [0.05, 0.1) is 19.9 Å². The lowest BCUT2D eigenvalue weighted by molar-refractivity contribution is -0.149. The second-order valence-electron chi connectivity index (χ2n) is 4.32. The van der Waals surface area contributed by atoms with Gasteiger partial charge in [-0.3, -0.25) is 9.59 Å². The van der Waals surface area contributed by atoms with Crippen LogP contribution >= 0.6 is 0 Å². The summed E-state index contributed by atoms with van der Waals surface area (Å²) in [5.74, 6) is -1.47. The molecule has 0 unspecified atom stereocenters. The van der Waals surface area contributed by atoms with Gasteiger partial charge in [0.25, 0.3) is 5.91 Å². The number of furan rings is 1. The molecular weight excluding hydrogens is 252 g/mol. The van der Waals surface area contributed by atoms with Gasteiger partial charge in [0.1, 0.15) is 5.54 Å². The Bertz CT molecular complexity index is 464. The Hall–Kier alpha value is -2.31. The van der Waals surface area contributed by atoms with Gasteiger partial charge in [-0.1, -0.05) is 0 Å². The van der Waals surface area contributed by atoms with Crippen LogP contribution in [0.5, 0.6) is 0 Å². The lowest BCUT2D eigenvalue weighted by Crippen LogP contribution is -2.52. The summed E-state index contributed by atoms with van der Waals surface area (Å²) < 4.78 is 9.41. The van der Waals surface area contributed by atoms with Crippen molar-refractivity contribution in [2.24, 2.45) is 0 Å². The SMILES string of the molecule is COC(=O)C(C)(C)NC(=O)CNC(=O)c1ccco1. The van der Waals surface area contributed by atoms with Crippen LogP contribution in [0.1, 0.15) is 24.4 Å². The first-order valence-corrected chi connectivity index (χ1v) is 5.58. The summed E-state index contributed by atoms with van der Waals surface area (Å²) in [7, 11) is 1.23. The average molecular weight is 268 g/mol. The van der Waals surface area contributed by atoms with Crippen molar-refractivity contribution < 1.29 is 23.5 Å². The molecule has 0 fully saturated rings. The van der Waals surface area contributed by atoms with E-state index >= 15 is 0 Å². The van der Waals surface area contributed by atoms with Gasteiger partial charge in [-0.2, -0.15) is 0 Å². The highest BCUT2D eigenvalue weighted by atomic mass is 16.5. The van der Waals surface area contributed by atoms with Crippen molar-refractivity contribution in [1.29, 1.82) is 0 Å². The van der Waals surface area contributed by atoms with E-state index in [4.69, 9.17) is 4.42 Å². The maximum Gasteiger partial charge on any atom is 0.330 e. The third kappa shape index (κ3) is 4.13. The maximum atomic E-state index is 11.6. The molecule has 1 heterocycles. The molecule has 104 valence electrons. The first-order valence-electron chi connectivity index (χ1n) is 5.58. The van der Waals surface area contributed by atoms with E-state index in [-0.39, 0.29) is 12.3 Å². The summed E-state index contributed by atoms with van der Waals surface area (Å²) >= 11 is 0. The number of methoxy groups -OCH3 is 1. The molecule has 0 atom stereocenters. The van der Waals surface area contributed by atoms with Gasteiger partial charge in [-0.15, -0.1) is 0 Å². The Morgan fingerprint density at radius 3 is 2.58 bits per heavy atom. The van der Waals surface area contributed by atoms with Crippen molar-refractivity contribution in [3.8, 4) is 0 Å². The van der Waals surface area contributed by atoms with E-state index in [2.05, 4.69) is 15.4 Å². The summed E-state index contributed by atoms with van der Waals surface area (Å²) in [4.78, 5) is 34.4. The predicted molar refractivity (Wildman–Crippen MR) is 65.3 cm³/mol. The Labute approximate surface area is 110 Å². The average Bonchev–Trinajstić information content (AvgIpc) is 2.88. The van der Waals surface area contributed by atoms with Gasteiger partial charge in [-0.25, -0.2) is 4.79 Å².